The number of ether oxygens (including phenoxy) is 1. The highest BCUT2D eigenvalue weighted by Gasteiger charge is 2.30. The predicted molar refractivity (Wildman–Crippen MR) is 131 cm³/mol. The number of nitrogens with zero attached hydrogens (tertiary/aromatic N) is 1. The molecule has 1 atom stereocenters. The molecule has 1 N–H and O–H groups in total. The number of carbonyl (C=O) groups is 2. The van der Waals surface area contributed by atoms with E-state index in [1.807, 2.05) is 60.7 Å². The monoisotopic (exact) mass is 462 g/mol. The van der Waals surface area contributed by atoms with Gasteiger partial charge in [-0.3, -0.25) is 9.59 Å². The number of halogens is 1. The molecule has 3 aromatic carbocycles. The van der Waals surface area contributed by atoms with Crippen molar-refractivity contribution in [1.82, 2.24) is 10.2 Å². The molecule has 0 unspecified atom stereocenters. The smallest absolute Gasteiger partial charge is 0.261 e. The molecule has 3 aromatic rings. The van der Waals surface area contributed by atoms with Gasteiger partial charge in [-0.2, -0.15) is 0 Å². The van der Waals surface area contributed by atoms with Crippen molar-refractivity contribution in [2.24, 2.45) is 0 Å². The minimum absolute atomic E-state index is 0.00233. The Morgan fingerprint density at radius 2 is 1.53 bits per heavy atom. The van der Waals surface area contributed by atoms with Crippen LogP contribution in [0.1, 0.15) is 30.9 Å². The van der Waals surface area contributed by atoms with Gasteiger partial charge >= 0.3 is 0 Å². The molecule has 0 radical (unpaired) electrons. The minimum Gasteiger partial charge on any atom is -0.481 e. The van der Waals surface area contributed by atoms with Gasteiger partial charge in [-0.25, -0.2) is 4.39 Å². The number of rotatable bonds is 12. The van der Waals surface area contributed by atoms with Crippen LogP contribution in [0.4, 0.5) is 4.39 Å². The van der Waals surface area contributed by atoms with Crippen molar-refractivity contribution >= 4 is 11.8 Å². The normalized spacial score (nSPS) is 11.5. The Balaban J connectivity index is 1.86. The minimum atomic E-state index is -0.740. The van der Waals surface area contributed by atoms with Crippen molar-refractivity contribution in [3.63, 3.8) is 0 Å². The van der Waals surface area contributed by atoms with Crippen LogP contribution in [0, 0.1) is 5.82 Å². The first kappa shape index (κ1) is 25.0. The van der Waals surface area contributed by atoms with Gasteiger partial charge in [0, 0.05) is 19.5 Å². The van der Waals surface area contributed by atoms with Crippen molar-refractivity contribution in [3.8, 4) is 5.75 Å². The molecule has 0 aliphatic heterocycles. The molecule has 3 rings (SSSR count). The maximum Gasteiger partial charge on any atom is 0.261 e. The fraction of sp³-hybridized carbons (Fsp3) is 0.286. The van der Waals surface area contributed by atoms with E-state index in [1.54, 1.807) is 12.1 Å². The first-order valence-electron chi connectivity index (χ1n) is 11.6. The highest BCUT2D eigenvalue weighted by Crippen LogP contribution is 2.18. The van der Waals surface area contributed by atoms with Gasteiger partial charge in [-0.1, -0.05) is 86.1 Å². The van der Waals surface area contributed by atoms with Gasteiger partial charge in [0.1, 0.15) is 6.04 Å². The second-order valence-corrected chi connectivity index (χ2v) is 8.08. The quantitative estimate of drug-likeness (QED) is 0.395. The Morgan fingerprint density at radius 1 is 0.912 bits per heavy atom. The van der Waals surface area contributed by atoms with E-state index in [9.17, 15) is 14.0 Å². The molecular formula is C28H31FN2O3. The molecule has 0 saturated carbocycles. The van der Waals surface area contributed by atoms with Crippen molar-refractivity contribution in [1.29, 1.82) is 0 Å². The van der Waals surface area contributed by atoms with Crippen LogP contribution < -0.4 is 10.1 Å². The summed E-state index contributed by atoms with van der Waals surface area (Å²) in [6.45, 7) is 2.46. The molecular weight excluding hydrogens is 431 g/mol. The lowest BCUT2D eigenvalue weighted by molar-refractivity contribution is -0.142. The van der Waals surface area contributed by atoms with Crippen LogP contribution in [-0.4, -0.2) is 35.9 Å². The Labute approximate surface area is 200 Å². The van der Waals surface area contributed by atoms with Crippen LogP contribution in [0.3, 0.4) is 0 Å². The summed E-state index contributed by atoms with van der Waals surface area (Å²) >= 11 is 0. The number of unbranched alkanes of at least 4 members (excludes halogenated alkanes) is 1. The van der Waals surface area contributed by atoms with Crippen LogP contribution in [0.25, 0.3) is 0 Å². The zero-order chi connectivity index (χ0) is 24.2. The molecule has 0 fully saturated rings. The fourth-order valence-corrected chi connectivity index (χ4v) is 3.62. The summed E-state index contributed by atoms with van der Waals surface area (Å²) < 4.78 is 19.5. The van der Waals surface area contributed by atoms with E-state index in [0.29, 0.717) is 13.0 Å². The molecule has 0 saturated heterocycles. The Morgan fingerprint density at radius 3 is 2.18 bits per heavy atom. The number of hydrogen-bond donors (Lipinski definition) is 1. The molecule has 178 valence electrons. The highest BCUT2D eigenvalue weighted by molar-refractivity contribution is 5.88. The zero-order valence-corrected chi connectivity index (χ0v) is 19.5. The Hall–Kier alpha value is -3.67. The summed E-state index contributed by atoms with van der Waals surface area (Å²) in [5.41, 5.74) is 1.83. The lowest BCUT2D eigenvalue weighted by atomic mass is 10.0. The third-order valence-electron chi connectivity index (χ3n) is 5.48. The van der Waals surface area contributed by atoms with Gasteiger partial charge < -0.3 is 15.0 Å². The van der Waals surface area contributed by atoms with Crippen molar-refractivity contribution in [2.75, 3.05) is 13.2 Å². The maximum atomic E-state index is 14.0. The average Bonchev–Trinajstić information content (AvgIpc) is 2.87. The third kappa shape index (κ3) is 7.44. The fourth-order valence-electron chi connectivity index (χ4n) is 3.62. The summed E-state index contributed by atoms with van der Waals surface area (Å²) in [6, 6.07) is 24.3. The van der Waals surface area contributed by atoms with E-state index in [-0.39, 0.29) is 24.8 Å². The molecule has 6 heteroatoms. The number of amides is 2. The van der Waals surface area contributed by atoms with Gasteiger partial charge in [-0.05, 0) is 29.7 Å². The number of nitrogens with one attached hydrogen (secondary N) is 1. The molecule has 0 heterocycles. The van der Waals surface area contributed by atoms with Crippen LogP contribution in [0.2, 0.25) is 0 Å². The van der Waals surface area contributed by atoms with Crippen LogP contribution in [0.15, 0.2) is 84.9 Å². The van der Waals surface area contributed by atoms with Crippen molar-refractivity contribution in [2.45, 2.75) is 38.8 Å². The summed E-state index contributed by atoms with van der Waals surface area (Å²) in [5.74, 6) is -1.14. The zero-order valence-electron chi connectivity index (χ0n) is 19.5. The maximum absolute atomic E-state index is 14.0. The molecule has 34 heavy (non-hydrogen) atoms. The highest BCUT2D eigenvalue weighted by atomic mass is 19.1. The summed E-state index contributed by atoms with van der Waals surface area (Å²) in [5, 5.41) is 2.97. The SMILES string of the molecule is CCCCNC(=O)[C@H](Cc1ccccc1)N(Cc1ccccc1)C(=O)COc1ccccc1F. The van der Waals surface area contributed by atoms with Gasteiger partial charge in [-0.15, -0.1) is 0 Å². The molecule has 0 aromatic heterocycles. The van der Waals surface area contributed by atoms with E-state index >= 15 is 0 Å². The topological polar surface area (TPSA) is 58.6 Å². The van der Waals surface area contributed by atoms with Gasteiger partial charge in [0.25, 0.3) is 5.91 Å². The van der Waals surface area contributed by atoms with Gasteiger partial charge in [0.15, 0.2) is 18.2 Å². The molecule has 0 aliphatic carbocycles. The van der Waals surface area contributed by atoms with Crippen LogP contribution >= 0.6 is 0 Å². The van der Waals surface area contributed by atoms with Crippen LogP contribution in [-0.2, 0) is 22.6 Å². The molecule has 0 bridgehead atoms. The largest absolute Gasteiger partial charge is 0.481 e. The molecule has 0 aliphatic rings. The first-order valence-corrected chi connectivity index (χ1v) is 11.6. The predicted octanol–water partition coefficient (Wildman–Crippen LogP) is 4.76. The summed E-state index contributed by atoms with van der Waals surface area (Å²) in [7, 11) is 0. The first-order chi connectivity index (χ1) is 16.6. The van der Waals surface area contributed by atoms with E-state index in [4.69, 9.17) is 4.74 Å². The molecule has 5 nitrogen and oxygen atoms in total. The number of carbonyl (C=O) groups excluding carboxylic acids is 2. The lowest BCUT2D eigenvalue weighted by Crippen LogP contribution is -2.51. The van der Waals surface area contributed by atoms with E-state index in [0.717, 1.165) is 24.0 Å². The summed E-state index contributed by atoms with van der Waals surface area (Å²) in [6.07, 6.45) is 2.16. The Bertz CT molecular complexity index is 1040. The van der Waals surface area contributed by atoms with Gasteiger partial charge in [0.2, 0.25) is 5.91 Å². The Kier molecular flexibility index (Phi) is 9.65. The average molecular weight is 463 g/mol. The standard InChI is InChI=1S/C28H31FN2O3/c1-2-3-18-30-28(33)25(19-22-12-6-4-7-13-22)31(20-23-14-8-5-9-15-23)27(32)21-34-26-17-11-10-16-24(26)29/h4-17,25H,2-3,18-21H2,1H3,(H,30,33)/t25-/m0/s1. The van der Waals surface area contributed by atoms with Crippen molar-refractivity contribution in [3.05, 3.63) is 102 Å². The van der Waals surface area contributed by atoms with Gasteiger partial charge in [0.05, 0.1) is 0 Å². The number of para-hydroxylation sites is 1. The summed E-state index contributed by atoms with van der Waals surface area (Å²) in [4.78, 5) is 28.2. The molecule has 2 amide bonds. The third-order valence-corrected chi connectivity index (χ3v) is 5.48. The van der Waals surface area contributed by atoms with E-state index in [2.05, 4.69) is 12.2 Å². The van der Waals surface area contributed by atoms with Crippen LogP contribution in [0.5, 0.6) is 5.75 Å². The second kappa shape index (κ2) is 13.1. The lowest BCUT2D eigenvalue weighted by Gasteiger charge is -2.31. The second-order valence-electron chi connectivity index (χ2n) is 8.08. The van der Waals surface area contributed by atoms with E-state index in [1.165, 1.54) is 17.0 Å². The number of benzene rings is 3. The van der Waals surface area contributed by atoms with Crippen molar-refractivity contribution < 1.29 is 18.7 Å². The van der Waals surface area contributed by atoms with E-state index < -0.39 is 17.8 Å². The number of hydrogen-bond acceptors (Lipinski definition) is 3. The molecule has 0 spiro atoms.